The molecule has 1 aliphatic rings. The highest BCUT2D eigenvalue weighted by atomic mass is 128. The van der Waals surface area contributed by atoms with Crippen LogP contribution in [0.2, 0.25) is 0 Å². The smallest absolute Gasteiger partial charge is 0 e. The maximum absolute atomic E-state index is 2.45. The first kappa shape index (κ1) is 16.2. The summed E-state index contributed by atoms with van der Waals surface area (Å²) >= 11 is 4.24. The van der Waals surface area contributed by atoms with E-state index in [0.29, 0.717) is 10.8 Å². The van der Waals surface area contributed by atoms with Crippen molar-refractivity contribution in [2.75, 3.05) is 0 Å². The third-order valence-corrected chi connectivity index (χ3v) is 5.04. The molecular formula is C13H24I2. The van der Waals surface area contributed by atoms with Crippen LogP contribution < -0.4 is 0 Å². The van der Waals surface area contributed by atoms with Gasteiger partial charge in [0.15, 0.2) is 0 Å². The van der Waals surface area contributed by atoms with Crippen molar-refractivity contribution in [1.29, 1.82) is 0 Å². The minimum atomic E-state index is 0.346. The maximum atomic E-state index is 2.45. The van der Waals surface area contributed by atoms with Crippen molar-refractivity contribution in [2.45, 2.75) is 48.5 Å². The maximum Gasteiger partial charge on any atom is 0 e. The summed E-state index contributed by atoms with van der Waals surface area (Å²) in [6, 6.07) is 0. The van der Waals surface area contributed by atoms with E-state index < -0.39 is 0 Å². The van der Waals surface area contributed by atoms with Gasteiger partial charge in [0.1, 0.15) is 0 Å². The number of hydrogen-bond acceptors (Lipinski definition) is 0. The molecule has 1 rings (SSSR count). The summed E-state index contributed by atoms with van der Waals surface area (Å²) in [7, 11) is 0. The molecule has 0 saturated heterocycles. The molecule has 90 valence electrons. The van der Waals surface area contributed by atoms with E-state index in [9.17, 15) is 0 Å². The van der Waals surface area contributed by atoms with Crippen LogP contribution in [0.15, 0.2) is 11.6 Å². The van der Waals surface area contributed by atoms with Crippen LogP contribution in [0.5, 0.6) is 0 Å². The predicted molar refractivity (Wildman–Crippen MR) is 87.7 cm³/mol. The van der Waals surface area contributed by atoms with Gasteiger partial charge in [0, 0.05) is 37.2 Å². The van der Waals surface area contributed by atoms with Gasteiger partial charge in [0.2, 0.25) is 0 Å². The van der Waals surface area contributed by atoms with Crippen LogP contribution in [0, 0.1) is 22.7 Å². The highest BCUT2D eigenvalue weighted by Gasteiger charge is 2.46. The summed E-state index contributed by atoms with van der Waals surface area (Å²) in [5.74, 6) is 1.49. The van der Waals surface area contributed by atoms with Crippen molar-refractivity contribution in [3.05, 3.63) is 11.6 Å². The molecule has 0 heterocycles. The molecule has 0 spiro atoms. The Kier molecular flexibility index (Phi) is 6.15. The zero-order valence-corrected chi connectivity index (χ0v) is 15.3. The predicted octanol–water partition coefficient (Wildman–Crippen LogP) is 6.04. The van der Waals surface area contributed by atoms with Gasteiger partial charge in [-0.1, -0.05) is 53.2 Å². The van der Waals surface area contributed by atoms with Crippen LogP contribution >= 0.6 is 37.2 Å². The lowest BCUT2D eigenvalue weighted by Crippen LogP contribution is -2.44. The number of rotatable bonds is 0. The standard InChI is InChI=1S/C13H24.I2/c1-9-8-10(2)12(4,5)13(6,7)11(9)3;1-2/h8-9,11H,1-7H3;. The lowest BCUT2D eigenvalue weighted by Gasteiger charge is -2.52. The van der Waals surface area contributed by atoms with Gasteiger partial charge in [0.05, 0.1) is 0 Å². The van der Waals surface area contributed by atoms with Crippen LogP contribution in [0.25, 0.3) is 0 Å². The molecule has 0 bridgehead atoms. The Morgan fingerprint density at radius 1 is 1.07 bits per heavy atom. The van der Waals surface area contributed by atoms with Gasteiger partial charge >= 0.3 is 0 Å². The second-order valence-electron chi connectivity index (χ2n) is 5.84. The van der Waals surface area contributed by atoms with Crippen molar-refractivity contribution in [3.8, 4) is 0 Å². The molecule has 0 aromatic heterocycles. The van der Waals surface area contributed by atoms with Crippen molar-refractivity contribution < 1.29 is 0 Å². The van der Waals surface area contributed by atoms with Crippen LogP contribution in [-0.2, 0) is 0 Å². The number of halogens is 2. The highest BCUT2D eigenvalue weighted by Crippen LogP contribution is 2.54. The van der Waals surface area contributed by atoms with Crippen LogP contribution in [0.1, 0.15) is 48.5 Å². The molecule has 1 aliphatic carbocycles. The molecule has 0 aromatic rings. The third-order valence-electron chi connectivity index (χ3n) is 5.04. The first-order valence-electron chi connectivity index (χ1n) is 5.54. The zero-order chi connectivity index (χ0) is 12.4. The van der Waals surface area contributed by atoms with Gasteiger partial charge in [-0.2, -0.15) is 0 Å². The monoisotopic (exact) mass is 434 g/mol. The summed E-state index contributed by atoms with van der Waals surface area (Å²) in [5, 5.41) is 0. The molecule has 0 amide bonds. The second kappa shape index (κ2) is 5.69. The first-order valence-corrected chi connectivity index (χ1v) is 11.8. The molecule has 15 heavy (non-hydrogen) atoms. The Bertz CT molecular complexity index is 239. The first-order chi connectivity index (χ1) is 6.71. The fourth-order valence-corrected chi connectivity index (χ4v) is 2.48. The zero-order valence-electron chi connectivity index (χ0n) is 11.0. The van der Waals surface area contributed by atoms with E-state index in [2.05, 4.69) is 91.8 Å². The Labute approximate surface area is 119 Å². The molecule has 0 N–H and O–H groups in total. The van der Waals surface area contributed by atoms with E-state index >= 15 is 0 Å². The molecule has 2 heteroatoms. The fourth-order valence-electron chi connectivity index (χ4n) is 2.48. The van der Waals surface area contributed by atoms with Crippen molar-refractivity contribution >= 4 is 37.2 Å². The molecule has 0 aliphatic heterocycles. The third kappa shape index (κ3) is 2.90. The summed E-state index contributed by atoms with van der Waals surface area (Å²) in [4.78, 5) is 0. The van der Waals surface area contributed by atoms with Crippen molar-refractivity contribution in [3.63, 3.8) is 0 Å². The lowest BCUT2D eigenvalue weighted by molar-refractivity contribution is 0.0429. The molecule has 0 saturated carbocycles. The highest BCUT2D eigenvalue weighted by molar-refractivity contribution is 15.0. The molecule has 0 nitrogen and oxygen atoms in total. The van der Waals surface area contributed by atoms with Gasteiger partial charge in [-0.05, 0) is 29.6 Å². The van der Waals surface area contributed by atoms with Gasteiger partial charge in [-0.25, -0.2) is 0 Å². The summed E-state index contributed by atoms with van der Waals surface area (Å²) in [6.45, 7) is 16.6. The molecule has 2 unspecified atom stereocenters. The fraction of sp³-hybridized carbons (Fsp3) is 0.846. The summed E-state index contributed by atoms with van der Waals surface area (Å²) < 4.78 is 0. The molecule has 0 aromatic carbocycles. The number of allylic oxidation sites excluding steroid dienone is 2. The van der Waals surface area contributed by atoms with Crippen LogP contribution in [-0.4, -0.2) is 0 Å². The Morgan fingerprint density at radius 2 is 1.47 bits per heavy atom. The van der Waals surface area contributed by atoms with Crippen LogP contribution in [0.3, 0.4) is 0 Å². The van der Waals surface area contributed by atoms with E-state index in [-0.39, 0.29) is 0 Å². The van der Waals surface area contributed by atoms with E-state index in [4.69, 9.17) is 0 Å². The van der Waals surface area contributed by atoms with Gasteiger partial charge in [-0.15, -0.1) is 0 Å². The van der Waals surface area contributed by atoms with Gasteiger partial charge in [0.25, 0.3) is 0 Å². The van der Waals surface area contributed by atoms with Gasteiger partial charge < -0.3 is 0 Å². The minimum Gasteiger partial charge on any atom is -0.0819 e. The second-order valence-corrected chi connectivity index (χ2v) is 5.84. The molecule has 2 atom stereocenters. The average Bonchev–Trinajstić information content (AvgIpc) is 2.17. The SMILES string of the molecule is CC1=CC(C)C(C)C(C)(C)C1(C)C.II. The van der Waals surface area contributed by atoms with E-state index in [0.717, 1.165) is 11.8 Å². The minimum absolute atomic E-state index is 0.346. The molecular weight excluding hydrogens is 410 g/mol. The average molecular weight is 434 g/mol. The van der Waals surface area contributed by atoms with E-state index in [1.165, 1.54) is 0 Å². The molecule has 0 fully saturated rings. The van der Waals surface area contributed by atoms with Crippen molar-refractivity contribution in [2.24, 2.45) is 22.7 Å². The summed E-state index contributed by atoms with van der Waals surface area (Å²) in [5.41, 5.74) is 2.31. The lowest BCUT2D eigenvalue weighted by atomic mass is 9.53. The topological polar surface area (TPSA) is 0 Å². The van der Waals surface area contributed by atoms with Gasteiger partial charge in [-0.3, -0.25) is 0 Å². The number of hydrogen-bond donors (Lipinski definition) is 0. The largest absolute Gasteiger partial charge is 0.0819 e. The van der Waals surface area contributed by atoms with E-state index in [1.807, 2.05) is 0 Å². The van der Waals surface area contributed by atoms with Crippen molar-refractivity contribution in [1.82, 2.24) is 0 Å². The normalized spacial score (nSPS) is 32.5. The quantitative estimate of drug-likeness (QED) is 0.322. The Balaban J connectivity index is 0.000000921. The summed E-state index contributed by atoms with van der Waals surface area (Å²) in [6.07, 6.45) is 2.45. The van der Waals surface area contributed by atoms with E-state index in [1.54, 1.807) is 5.57 Å². The van der Waals surface area contributed by atoms with Crippen LogP contribution in [0.4, 0.5) is 0 Å². The molecule has 0 radical (unpaired) electrons. The Hall–Kier alpha value is 1.20. The Morgan fingerprint density at radius 3 is 1.87 bits per heavy atom.